The van der Waals surface area contributed by atoms with Gasteiger partial charge in [-0.05, 0) is 54.8 Å². The Balaban J connectivity index is 2.36. The van der Waals surface area contributed by atoms with E-state index in [2.05, 4.69) is 0 Å². The second kappa shape index (κ2) is 5.68. The lowest BCUT2D eigenvalue weighted by Gasteiger charge is -2.13. The van der Waals surface area contributed by atoms with E-state index in [1.165, 1.54) is 37.4 Å². The maximum absolute atomic E-state index is 13.0. The molecule has 0 unspecified atom stereocenters. The predicted molar refractivity (Wildman–Crippen MR) is 92.9 cm³/mol. The van der Waals surface area contributed by atoms with Gasteiger partial charge in [-0.15, -0.1) is 0 Å². The van der Waals surface area contributed by atoms with Gasteiger partial charge < -0.3 is 10.5 Å². The minimum atomic E-state index is -4.07. The zero-order valence-electron chi connectivity index (χ0n) is 13.2. The fraction of sp³-hybridized carbons (Fsp3) is 0.118. The minimum absolute atomic E-state index is 0.000255. The second-order valence-electron chi connectivity index (χ2n) is 5.40. The number of nitrogens with zero attached hydrogens (tertiary/aromatic N) is 1. The first-order valence-corrected chi connectivity index (χ1v) is 8.60. The van der Waals surface area contributed by atoms with Crippen LogP contribution in [-0.4, -0.2) is 19.5 Å². The number of aromatic nitrogens is 1. The van der Waals surface area contributed by atoms with Crippen LogP contribution in [0, 0.1) is 6.92 Å². The molecule has 3 aromatic rings. The Labute approximate surface area is 139 Å². The van der Waals surface area contributed by atoms with Gasteiger partial charge in [0.25, 0.3) is 15.6 Å². The lowest BCUT2D eigenvalue weighted by molar-refractivity contribution is 0.414. The number of aryl methyl sites for hydroxylation is 1. The van der Waals surface area contributed by atoms with Gasteiger partial charge in [0, 0.05) is 11.3 Å². The summed E-state index contributed by atoms with van der Waals surface area (Å²) in [6, 6.07) is 12.4. The Morgan fingerprint density at radius 2 is 1.71 bits per heavy atom. The summed E-state index contributed by atoms with van der Waals surface area (Å²) in [4.78, 5) is 12.6. The van der Waals surface area contributed by atoms with Gasteiger partial charge in [0.05, 0.1) is 17.5 Å². The van der Waals surface area contributed by atoms with Crippen LogP contribution in [0.4, 0.5) is 5.69 Å². The molecule has 0 saturated heterocycles. The Morgan fingerprint density at radius 1 is 1.04 bits per heavy atom. The normalized spacial score (nSPS) is 11.6. The first-order chi connectivity index (χ1) is 11.3. The van der Waals surface area contributed by atoms with Crippen LogP contribution in [0.1, 0.15) is 5.56 Å². The van der Waals surface area contributed by atoms with Crippen molar-refractivity contribution < 1.29 is 13.2 Å². The molecule has 24 heavy (non-hydrogen) atoms. The third-order valence-corrected chi connectivity index (χ3v) is 5.48. The molecule has 0 amide bonds. The summed E-state index contributed by atoms with van der Waals surface area (Å²) in [5.74, 6) is 0.527. The van der Waals surface area contributed by atoms with Crippen LogP contribution in [0.25, 0.3) is 10.9 Å². The zero-order chi connectivity index (χ0) is 17.5. The maximum atomic E-state index is 13.0. The van der Waals surface area contributed by atoms with Gasteiger partial charge >= 0.3 is 0 Å². The highest BCUT2D eigenvalue weighted by Crippen LogP contribution is 2.23. The van der Waals surface area contributed by atoms with Gasteiger partial charge in [-0.25, -0.2) is 8.42 Å². The summed E-state index contributed by atoms with van der Waals surface area (Å²) >= 11 is 0. The number of methoxy groups -OCH3 is 1. The number of nitrogens with two attached hydrogens (primary N) is 1. The Hall–Kier alpha value is -2.80. The molecule has 2 N–H and O–H groups in total. The van der Waals surface area contributed by atoms with E-state index in [-0.39, 0.29) is 10.4 Å². The van der Waals surface area contributed by atoms with E-state index in [9.17, 15) is 13.2 Å². The van der Waals surface area contributed by atoms with Crippen LogP contribution < -0.4 is 16.0 Å². The number of ether oxygens (including phenoxy) is 1. The van der Waals surface area contributed by atoms with Crippen molar-refractivity contribution in [1.29, 1.82) is 0 Å². The smallest absolute Gasteiger partial charge is 0.271 e. The molecule has 7 heteroatoms. The molecule has 124 valence electrons. The monoisotopic (exact) mass is 344 g/mol. The van der Waals surface area contributed by atoms with Crippen LogP contribution in [0.2, 0.25) is 0 Å². The summed E-state index contributed by atoms with van der Waals surface area (Å²) in [5, 5.41) is 0.624. The average Bonchev–Trinajstić information content (AvgIpc) is 2.56. The van der Waals surface area contributed by atoms with Gasteiger partial charge in [-0.3, -0.25) is 4.79 Å². The molecule has 0 radical (unpaired) electrons. The van der Waals surface area contributed by atoms with Crippen molar-refractivity contribution in [2.75, 3.05) is 12.8 Å². The fourth-order valence-electron chi connectivity index (χ4n) is 2.51. The SMILES string of the molecule is COc1ccc(S(=O)(=O)n2c(=O)c(C)cc3ccc(N)cc32)cc1. The number of rotatable bonds is 3. The first-order valence-electron chi connectivity index (χ1n) is 7.16. The minimum Gasteiger partial charge on any atom is -0.497 e. The van der Waals surface area contributed by atoms with E-state index in [1.54, 1.807) is 25.1 Å². The molecule has 3 rings (SSSR count). The molecule has 1 aromatic heterocycles. The van der Waals surface area contributed by atoms with Crippen molar-refractivity contribution in [2.45, 2.75) is 11.8 Å². The highest BCUT2D eigenvalue weighted by molar-refractivity contribution is 7.90. The molecular weight excluding hydrogens is 328 g/mol. The first kappa shape index (κ1) is 16.1. The lowest BCUT2D eigenvalue weighted by Crippen LogP contribution is -2.29. The number of benzene rings is 2. The molecule has 0 fully saturated rings. The van der Waals surface area contributed by atoms with Crippen molar-refractivity contribution in [1.82, 2.24) is 3.97 Å². The number of hydrogen-bond donors (Lipinski definition) is 1. The summed E-state index contributed by atoms with van der Waals surface area (Å²) < 4.78 is 31.9. The summed E-state index contributed by atoms with van der Waals surface area (Å²) in [6.45, 7) is 1.58. The number of anilines is 1. The van der Waals surface area contributed by atoms with E-state index in [0.29, 0.717) is 22.4 Å². The molecule has 0 bridgehead atoms. The van der Waals surface area contributed by atoms with Crippen molar-refractivity contribution >= 4 is 26.6 Å². The largest absolute Gasteiger partial charge is 0.497 e. The van der Waals surface area contributed by atoms with E-state index < -0.39 is 15.6 Å². The molecule has 0 aliphatic carbocycles. The third-order valence-electron chi connectivity index (χ3n) is 3.76. The van der Waals surface area contributed by atoms with Crippen molar-refractivity contribution in [2.24, 2.45) is 0 Å². The van der Waals surface area contributed by atoms with Crippen molar-refractivity contribution in [3.8, 4) is 5.75 Å². The molecule has 0 aliphatic rings. The molecule has 0 aliphatic heterocycles. The van der Waals surface area contributed by atoms with E-state index in [0.717, 1.165) is 3.97 Å². The van der Waals surface area contributed by atoms with Gasteiger partial charge in [0.15, 0.2) is 0 Å². The Bertz CT molecular complexity index is 1080. The molecule has 0 atom stereocenters. The molecule has 6 nitrogen and oxygen atoms in total. The average molecular weight is 344 g/mol. The van der Waals surface area contributed by atoms with Crippen molar-refractivity contribution in [3.05, 3.63) is 64.4 Å². The van der Waals surface area contributed by atoms with E-state index in [4.69, 9.17) is 10.5 Å². The molecule has 2 aromatic carbocycles. The third kappa shape index (κ3) is 2.52. The zero-order valence-corrected chi connectivity index (χ0v) is 14.0. The lowest BCUT2D eigenvalue weighted by atomic mass is 10.1. The summed E-state index contributed by atoms with van der Waals surface area (Å²) in [6.07, 6.45) is 0. The summed E-state index contributed by atoms with van der Waals surface area (Å²) in [7, 11) is -2.58. The van der Waals surface area contributed by atoms with Crippen molar-refractivity contribution in [3.63, 3.8) is 0 Å². The van der Waals surface area contributed by atoms with Crippen LogP contribution in [0.5, 0.6) is 5.75 Å². The predicted octanol–water partition coefficient (Wildman–Crippen LogP) is 2.14. The number of hydrogen-bond acceptors (Lipinski definition) is 5. The van der Waals surface area contributed by atoms with Gasteiger partial charge in [-0.1, -0.05) is 6.07 Å². The summed E-state index contributed by atoms with van der Waals surface area (Å²) in [5.41, 5.74) is 6.15. The number of fused-ring (bicyclic) bond motifs is 1. The fourth-order valence-corrected chi connectivity index (χ4v) is 3.99. The van der Waals surface area contributed by atoms with Crippen LogP contribution in [0.3, 0.4) is 0 Å². The highest BCUT2D eigenvalue weighted by Gasteiger charge is 2.22. The molecule has 0 saturated carbocycles. The quantitative estimate of drug-likeness (QED) is 0.735. The van der Waals surface area contributed by atoms with Gasteiger partial charge in [0.1, 0.15) is 5.75 Å². The van der Waals surface area contributed by atoms with Gasteiger partial charge in [0.2, 0.25) is 0 Å². The van der Waals surface area contributed by atoms with Crippen LogP contribution in [0.15, 0.2) is 58.2 Å². The van der Waals surface area contributed by atoms with Crippen LogP contribution >= 0.6 is 0 Å². The topological polar surface area (TPSA) is 91.4 Å². The standard InChI is InChI=1S/C17H16N2O4S/c1-11-9-12-3-4-13(18)10-16(12)19(17(11)20)24(21,22)15-7-5-14(23-2)6-8-15/h3-10H,18H2,1-2H3. The van der Waals surface area contributed by atoms with E-state index >= 15 is 0 Å². The second-order valence-corrected chi connectivity index (χ2v) is 7.18. The van der Waals surface area contributed by atoms with Gasteiger partial charge in [-0.2, -0.15) is 3.97 Å². The molecule has 1 heterocycles. The molecule has 0 spiro atoms. The Kier molecular flexibility index (Phi) is 3.81. The maximum Gasteiger partial charge on any atom is 0.271 e. The molecular formula is C17H16N2O4S. The van der Waals surface area contributed by atoms with E-state index in [1.807, 2.05) is 0 Å². The van der Waals surface area contributed by atoms with Crippen LogP contribution in [-0.2, 0) is 10.0 Å². The Morgan fingerprint density at radius 3 is 2.33 bits per heavy atom. The number of pyridine rings is 1. The number of nitrogen functional groups attached to an aromatic ring is 1. The highest BCUT2D eigenvalue weighted by atomic mass is 32.2.